The molecule has 0 bridgehead atoms. The summed E-state index contributed by atoms with van der Waals surface area (Å²) < 4.78 is 11.1. The Morgan fingerprint density at radius 3 is 2.31 bits per heavy atom. The zero-order chi connectivity index (χ0) is 32.4. The van der Waals surface area contributed by atoms with E-state index in [1.165, 1.54) is 4.90 Å². The molecule has 45 heavy (non-hydrogen) atoms. The molecule has 1 aromatic carbocycles. The van der Waals surface area contributed by atoms with Crippen LogP contribution in [-0.2, 0) is 23.9 Å². The van der Waals surface area contributed by atoms with E-state index in [9.17, 15) is 14.4 Å². The summed E-state index contributed by atoms with van der Waals surface area (Å²) in [7, 11) is 0. The van der Waals surface area contributed by atoms with Crippen LogP contribution < -0.4 is 15.5 Å². The summed E-state index contributed by atoms with van der Waals surface area (Å²) in [4.78, 5) is 46.6. The van der Waals surface area contributed by atoms with Gasteiger partial charge in [-0.05, 0) is 83.1 Å². The highest BCUT2D eigenvalue weighted by Crippen LogP contribution is 2.25. The summed E-state index contributed by atoms with van der Waals surface area (Å²) in [5, 5.41) is 6.01. The number of nitrogens with one attached hydrogen (secondary N) is 2. The van der Waals surface area contributed by atoms with Crippen molar-refractivity contribution in [2.75, 3.05) is 63.4 Å². The SMILES string of the molecule is CCN(CC)c1ccc(/C=C2\N=C(C)N(CC(=O)NC3CCC(C(=O)NCCOCCOCCCCCCCl)CC3)C2=O)cc1. The maximum absolute atomic E-state index is 13.1. The molecule has 0 unspecified atom stereocenters. The maximum atomic E-state index is 13.1. The lowest BCUT2D eigenvalue weighted by molar-refractivity contribution is -0.130. The molecule has 0 radical (unpaired) electrons. The quantitative estimate of drug-likeness (QED) is 0.120. The molecule has 0 aromatic heterocycles. The molecule has 3 rings (SSSR count). The van der Waals surface area contributed by atoms with Crippen molar-refractivity contribution in [1.29, 1.82) is 0 Å². The van der Waals surface area contributed by atoms with Gasteiger partial charge in [0.15, 0.2) is 0 Å². The molecule has 250 valence electrons. The standard InChI is InChI=1S/C34H52ClN5O5/c1-4-39(5-2)30-16-10-27(11-17-30)24-31-34(43)40(26(3)37-31)25-32(41)38-29-14-12-28(13-15-29)33(42)36-19-21-45-23-22-44-20-9-7-6-8-18-35/h10-11,16-17,24,28-29H,4-9,12-15,18-23,25H2,1-3H3,(H,36,42)(H,38,41)/b31-24-. The predicted octanol–water partition coefficient (Wildman–Crippen LogP) is 4.76. The number of carbonyl (C=O) groups excluding carboxylic acids is 3. The Kier molecular flexibility index (Phi) is 16.4. The van der Waals surface area contributed by atoms with Crippen LogP contribution >= 0.6 is 11.6 Å². The average Bonchev–Trinajstić information content (AvgIpc) is 3.30. The molecule has 1 aliphatic carbocycles. The number of ether oxygens (including phenoxy) is 2. The number of nitrogens with zero attached hydrogens (tertiary/aromatic N) is 3. The molecule has 1 heterocycles. The highest BCUT2D eigenvalue weighted by molar-refractivity contribution is 6.17. The Morgan fingerprint density at radius 1 is 0.978 bits per heavy atom. The maximum Gasteiger partial charge on any atom is 0.278 e. The second kappa shape index (κ2) is 20.2. The van der Waals surface area contributed by atoms with Crippen LogP contribution in [0.4, 0.5) is 5.69 Å². The molecular weight excluding hydrogens is 594 g/mol. The number of amides is 3. The first-order chi connectivity index (χ1) is 21.9. The normalized spacial score (nSPS) is 19.1. The number of unbranched alkanes of at least 4 members (excludes halogenated alkanes) is 3. The van der Waals surface area contributed by atoms with E-state index in [1.807, 2.05) is 24.3 Å². The van der Waals surface area contributed by atoms with Crippen LogP contribution in [-0.4, -0.2) is 93.0 Å². The summed E-state index contributed by atoms with van der Waals surface area (Å²) >= 11 is 5.67. The highest BCUT2D eigenvalue weighted by atomic mass is 35.5. The van der Waals surface area contributed by atoms with E-state index in [1.54, 1.807) is 13.0 Å². The van der Waals surface area contributed by atoms with E-state index in [0.717, 1.165) is 75.4 Å². The van der Waals surface area contributed by atoms with E-state index < -0.39 is 0 Å². The van der Waals surface area contributed by atoms with E-state index in [0.29, 0.717) is 50.7 Å². The van der Waals surface area contributed by atoms with Gasteiger partial charge in [0.1, 0.15) is 18.1 Å². The van der Waals surface area contributed by atoms with Gasteiger partial charge in [-0.15, -0.1) is 11.6 Å². The van der Waals surface area contributed by atoms with Crippen molar-refractivity contribution < 1.29 is 23.9 Å². The third kappa shape index (κ3) is 12.4. The number of rotatable bonds is 20. The van der Waals surface area contributed by atoms with E-state index >= 15 is 0 Å². The number of alkyl halides is 1. The minimum Gasteiger partial charge on any atom is -0.379 e. The van der Waals surface area contributed by atoms with Gasteiger partial charge in [0, 0.05) is 49.8 Å². The Hall–Kier alpha value is -2.95. The number of halogens is 1. The molecule has 0 saturated heterocycles. The first-order valence-corrected chi connectivity index (χ1v) is 17.1. The number of aliphatic imine (C=N–C) groups is 1. The lowest BCUT2D eigenvalue weighted by Gasteiger charge is -2.29. The summed E-state index contributed by atoms with van der Waals surface area (Å²) in [6, 6.07) is 8.02. The van der Waals surface area contributed by atoms with Crippen LogP contribution in [0.15, 0.2) is 35.0 Å². The number of carbonyl (C=O) groups is 3. The van der Waals surface area contributed by atoms with Crippen molar-refractivity contribution in [3.05, 3.63) is 35.5 Å². The molecule has 1 fully saturated rings. The zero-order valence-electron chi connectivity index (χ0n) is 27.3. The monoisotopic (exact) mass is 645 g/mol. The van der Waals surface area contributed by atoms with Gasteiger partial charge in [-0.2, -0.15) is 0 Å². The average molecular weight is 646 g/mol. The zero-order valence-corrected chi connectivity index (χ0v) is 28.1. The topological polar surface area (TPSA) is 113 Å². The highest BCUT2D eigenvalue weighted by Gasteiger charge is 2.31. The molecule has 2 N–H and O–H groups in total. The van der Waals surface area contributed by atoms with Crippen molar-refractivity contribution >= 4 is 46.9 Å². The van der Waals surface area contributed by atoms with Crippen molar-refractivity contribution in [2.45, 2.75) is 78.2 Å². The third-order valence-electron chi connectivity index (χ3n) is 8.32. The number of hydrogen-bond donors (Lipinski definition) is 2. The van der Waals surface area contributed by atoms with Crippen LogP contribution in [0.25, 0.3) is 6.08 Å². The second-order valence-electron chi connectivity index (χ2n) is 11.6. The minimum absolute atomic E-state index is 0.0144. The molecule has 1 aliphatic heterocycles. The molecule has 10 nitrogen and oxygen atoms in total. The van der Waals surface area contributed by atoms with Gasteiger partial charge in [-0.3, -0.25) is 19.3 Å². The van der Waals surface area contributed by atoms with Crippen molar-refractivity contribution in [1.82, 2.24) is 15.5 Å². The molecular formula is C34H52ClN5O5. The van der Waals surface area contributed by atoms with Crippen molar-refractivity contribution in [3.63, 3.8) is 0 Å². The number of anilines is 1. The molecule has 1 aromatic rings. The van der Waals surface area contributed by atoms with Crippen molar-refractivity contribution in [2.24, 2.45) is 10.9 Å². The number of hydrogen-bond acceptors (Lipinski definition) is 7. The lowest BCUT2D eigenvalue weighted by atomic mass is 9.85. The van der Waals surface area contributed by atoms with Gasteiger partial charge in [0.2, 0.25) is 11.8 Å². The molecule has 0 spiro atoms. The van der Waals surface area contributed by atoms with Gasteiger partial charge >= 0.3 is 0 Å². The van der Waals surface area contributed by atoms with Crippen LogP contribution in [0, 0.1) is 5.92 Å². The fraction of sp³-hybridized carbons (Fsp3) is 0.647. The van der Waals surface area contributed by atoms with Gasteiger partial charge in [0.25, 0.3) is 5.91 Å². The fourth-order valence-electron chi connectivity index (χ4n) is 5.66. The predicted molar refractivity (Wildman–Crippen MR) is 181 cm³/mol. The van der Waals surface area contributed by atoms with Crippen molar-refractivity contribution in [3.8, 4) is 0 Å². The van der Waals surface area contributed by atoms with Gasteiger partial charge in [-0.25, -0.2) is 4.99 Å². The third-order valence-corrected chi connectivity index (χ3v) is 8.58. The first-order valence-electron chi connectivity index (χ1n) is 16.6. The van der Waals surface area contributed by atoms with E-state index in [2.05, 4.69) is 34.4 Å². The van der Waals surface area contributed by atoms with Crippen LogP contribution in [0.2, 0.25) is 0 Å². The molecule has 1 saturated carbocycles. The van der Waals surface area contributed by atoms with Crippen LogP contribution in [0.5, 0.6) is 0 Å². The Bertz CT molecular complexity index is 1130. The van der Waals surface area contributed by atoms with Gasteiger partial charge < -0.3 is 25.0 Å². The summed E-state index contributed by atoms with van der Waals surface area (Å²) in [6.45, 7) is 10.5. The first kappa shape index (κ1) is 36.5. The molecule has 0 atom stereocenters. The largest absolute Gasteiger partial charge is 0.379 e. The second-order valence-corrected chi connectivity index (χ2v) is 12.0. The Morgan fingerprint density at radius 2 is 1.64 bits per heavy atom. The Balaban J connectivity index is 1.30. The summed E-state index contributed by atoms with van der Waals surface area (Å²) in [5.41, 5.74) is 2.34. The fourth-order valence-corrected chi connectivity index (χ4v) is 5.85. The Labute approximate surface area is 273 Å². The minimum atomic E-state index is -0.277. The molecule has 3 amide bonds. The molecule has 11 heteroatoms. The van der Waals surface area contributed by atoms with E-state index in [-0.39, 0.29) is 36.2 Å². The van der Waals surface area contributed by atoms with Crippen LogP contribution in [0.1, 0.15) is 77.7 Å². The smallest absolute Gasteiger partial charge is 0.278 e. The summed E-state index contributed by atoms with van der Waals surface area (Å²) in [6.07, 6.45) is 8.99. The lowest BCUT2D eigenvalue weighted by Crippen LogP contribution is -2.46. The van der Waals surface area contributed by atoms with E-state index in [4.69, 9.17) is 21.1 Å². The number of amidine groups is 1. The summed E-state index contributed by atoms with van der Waals surface area (Å²) in [5.74, 6) is 0.700. The van der Waals surface area contributed by atoms with Gasteiger partial charge in [0.05, 0.1) is 19.8 Å². The number of benzene rings is 1. The van der Waals surface area contributed by atoms with Crippen LogP contribution in [0.3, 0.4) is 0 Å². The van der Waals surface area contributed by atoms with Gasteiger partial charge in [-0.1, -0.05) is 25.0 Å². The molecule has 2 aliphatic rings.